The molecule has 0 aromatic carbocycles. The third-order valence-corrected chi connectivity index (χ3v) is 4.10. The largest absolute Gasteiger partial charge is 0.480 e. The number of hydrogen-bond donors (Lipinski definition) is 5. The van der Waals surface area contributed by atoms with Gasteiger partial charge in [-0.2, -0.15) is 21.0 Å². The van der Waals surface area contributed by atoms with E-state index in [-0.39, 0.29) is 18.6 Å². The molecule has 0 unspecified atom stereocenters. The average molecular weight is 414 g/mol. The highest BCUT2D eigenvalue weighted by Crippen LogP contribution is 2.11. The van der Waals surface area contributed by atoms with Gasteiger partial charge in [0, 0.05) is 18.6 Å². The number of nitrogens with one attached hydrogen (secondary N) is 1. The maximum Gasteiger partial charge on any atom is 0.397 e. The Bertz CT molecular complexity index is 636. The predicted molar refractivity (Wildman–Crippen MR) is 91.9 cm³/mol. The Hall–Kier alpha value is -1.54. The normalized spacial score (nSPS) is 14.9. The van der Waals surface area contributed by atoms with Crippen LogP contribution in [0.1, 0.15) is 26.2 Å². The molecule has 0 rings (SSSR count). The first-order chi connectivity index (χ1) is 11.9. The minimum absolute atomic E-state index is 0.0195. The lowest BCUT2D eigenvalue weighted by atomic mass is 9.98. The van der Waals surface area contributed by atoms with E-state index in [4.69, 9.17) is 15.4 Å². The van der Waals surface area contributed by atoms with Gasteiger partial charge < -0.3 is 16.2 Å². The van der Waals surface area contributed by atoms with Crippen LogP contribution in [0.2, 0.25) is 0 Å². The van der Waals surface area contributed by atoms with Crippen LogP contribution in [0.4, 0.5) is 0 Å². The van der Waals surface area contributed by atoms with Crippen molar-refractivity contribution in [2.45, 2.75) is 38.3 Å². The van der Waals surface area contributed by atoms with Crippen LogP contribution in [-0.2, 0) is 33.8 Å². The van der Waals surface area contributed by atoms with Crippen molar-refractivity contribution in [1.82, 2.24) is 5.32 Å². The van der Waals surface area contributed by atoms with Gasteiger partial charge in [-0.15, -0.1) is 0 Å². The van der Waals surface area contributed by atoms with E-state index in [1.807, 2.05) is 0 Å². The van der Waals surface area contributed by atoms with Crippen LogP contribution in [0.3, 0.4) is 0 Å². The molecule has 0 spiro atoms. The van der Waals surface area contributed by atoms with Gasteiger partial charge in [-0.05, 0) is 13.3 Å². The van der Waals surface area contributed by atoms with Gasteiger partial charge in [0.25, 0.3) is 0 Å². The van der Waals surface area contributed by atoms with Crippen LogP contribution in [-0.4, -0.2) is 66.0 Å². The molecule has 13 heteroatoms. The monoisotopic (exact) mass is 414 g/mol. The zero-order valence-corrected chi connectivity index (χ0v) is 15.7. The van der Waals surface area contributed by atoms with Crippen molar-refractivity contribution in [3.05, 3.63) is 0 Å². The molecule has 0 radical (unpaired) electrons. The van der Waals surface area contributed by atoms with E-state index in [0.717, 1.165) is 0 Å². The third kappa shape index (κ3) is 10.5. The van der Waals surface area contributed by atoms with Crippen LogP contribution in [0.15, 0.2) is 0 Å². The minimum Gasteiger partial charge on any atom is -0.480 e. The molecule has 5 N–H and O–H groups in total. The first kappa shape index (κ1) is 24.5. The Morgan fingerprint density at radius 3 is 2.27 bits per heavy atom. The summed E-state index contributed by atoms with van der Waals surface area (Å²) in [5, 5.41) is 11.0. The first-order valence-electron chi connectivity index (χ1n) is 7.41. The Kier molecular flexibility index (Phi) is 10.6. The number of ketones is 2. The van der Waals surface area contributed by atoms with E-state index < -0.39 is 64.9 Å². The van der Waals surface area contributed by atoms with E-state index in [0.29, 0.717) is 0 Å². The summed E-state index contributed by atoms with van der Waals surface area (Å²) in [5.41, 5.74) is 5.27. The second-order valence-electron chi connectivity index (χ2n) is 5.49. The smallest absolute Gasteiger partial charge is 0.397 e. The topological polar surface area (TPSA) is 190 Å². The molecule has 0 aromatic heterocycles. The molecular weight excluding hydrogens is 392 g/mol. The molecule has 0 saturated heterocycles. The molecule has 0 bridgehead atoms. The van der Waals surface area contributed by atoms with Crippen LogP contribution in [0.25, 0.3) is 0 Å². The van der Waals surface area contributed by atoms with Crippen LogP contribution in [0, 0.1) is 5.92 Å². The number of aliphatic carboxylic acids is 1. The van der Waals surface area contributed by atoms with Crippen LogP contribution in [0.5, 0.6) is 0 Å². The molecule has 0 aliphatic rings. The molecule has 150 valence electrons. The highest BCUT2D eigenvalue weighted by molar-refractivity contribution is 7.80. The van der Waals surface area contributed by atoms with Crippen molar-refractivity contribution in [2.24, 2.45) is 11.7 Å². The molecule has 1 amide bonds. The number of carbonyl (C=O) groups excluding carboxylic acids is 3. The summed E-state index contributed by atoms with van der Waals surface area (Å²) < 4.78 is 34.1. The molecule has 0 heterocycles. The maximum absolute atomic E-state index is 12.2. The number of hydrogen-bond acceptors (Lipinski definition) is 9. The zero-order chi connectivity index (χ0) is 20.5. The van der Waals surface area contributed by atoms with Gasteiger partial charge in [-0.1, -0.05) is 0 Å². The maximum atomic E-state index is 12.2. The fraction of sp³-hybridized carbons (Fsp3) is 0.692. The average Bonchev–Trinajstić information content (AvgIpc) is 2.52. The number of rotatable bonds is 13. The zero-order valence-electron chi connectivity index (χ0n) is 14.0. The van der Waals surface area contributed by atoms with E-state index in [2.05, 4.69) is 22.1 Å². The number of Topliss-reactive ketones (excluding diaryl/α,β-unsaturated/α-hetero) is 2. The summed E-state index contributed by atoms with van der Waals surface area (Å²) in [6, 6.07) is -2.21. The standard InChI is InChI=1S/C13H22N2O9S2/c1-7(16)11(6-25)15-12(18)8(5-24-26(21,22)23)4-9(17)2-3-10(14)13(19)20/h8,10-11,25H,2-6,14H2,1H3,(H,15,18)(H,19,20)(H,21,22,23)/t8-,10-,11-/m0/s1. The number of carboxylic acids is 1. The van der Waals surface area contributed by atoms with Crippen molar-refractivity contribution in [1.29, 1.82) is 0 Å². The fourth-order valence-electron chi connectivity index (χ4n) is 1.78. The Balaban J connectivity index is 4.98. The minimum atomic E-state index is -4.85. The number of carbonyl (C=O) groups is 4. The summed E-state index contributed by atoms with van der Waals surface area (Å²) in [6.07, 6.45) is -0.926. The van der Waals surface area contributed by atoms with E-state index in [1.54, 1.807) is 0 Å². The Morgan fingerprint density at radius 1 is 1.27 bits per heavy atom. The second kappa shape index (κ2) is 11.2. The molecular formula is C13H22N2O9S2. The highest BCUT2D eigenvalue weighted by Gasteiger charge is 2.27. The van der Waals surface area contributed by atoms with Gasteiger partial charge in [-0.3, -0.25) is 23.7 Å². The molecule has 3 atom stereocenters. The number of amides is 1. The first-order valence-corrected chi connectivity index (χ1v) is 9.40. The fourth-order valence-corrected chi connectivity index (χ4v) is 2.46. The van der Waals surface area contributed by atoms with Gasteiger partial charge in [0.15, 0.2) is 5.78 Å². The van der Waals surface area contributed by atoms with Crippen molar-refractivity contribution in [3.63, 3.8) is 0 Å². The highest BCUT2D eigenvalue weighted by atomic mass is 32.3. The lowest BCUT2D eigenvalue weighted by molar-refractivity contribution is -0.139. The van der Waals surface area contributed by atoms with Crippen molar-refractivity contribution >= 4 is 46.5 Å². The number of carboxylic acid groups (broad SMARTS) is 1. The Labute approximate surface area is 156 Å². The van der Waals surface area contributed by atoms with Gasteiger partial charge in [-0.25, -0.2) is 4.18 Å². The summed E-state index contributed by atoms with van der Waals surface area (Å²) >= 11 is 3.90. The summed E-state index contributed by atoms with van der Waals surface area (Å²) in [6.45, 7) is 0.377. The van der Waals surface area contributed by atoms with E-state index in [9.17, 15) is 27.6 Å². The summed E-state index contributed by atoms with van der Waals surface area (Å²) in [7, 11) is -4.85. The molecule has 11 nitrogen and oxygen atoms in total. The molecule has 0 aromatic rings. The lowest BCUT2D eigenvalue weighted by Crippen LogP contribution is -2.45. The molecule has 0 aliphatic carbocycles. The summed E-state index contributed by atoms with van der Waals surface area (Å²) in [5.74, 6) is -4.45. The van der Waals surface area contributed by atoms with Gasteiger partial charge in [0.05, 0.1) is 18.6 Å². The van der Waals surface area contributed by atoms with Gasteiger partial charge >= 0.3 is 16.4 Å². The number of nitrogens with two attached hydrogens (primary N) is 1. The predicted octanol–water partition coefficient (Wildman–Crippen LogP) is -1.42. The second-order valence-corrected chi connectivity index (χ2v) is 6.95. The number of thiol groups is 1. The summed E-state index contributed by atoms with van der Waals surface area (Å²) in [4.78, 5) is 46.1. The quantitative estimate of drug-likeness (QED) is 0.176. The van der Waals surface area contributed by atoms with E-state index >= 15 is 0 Å². The van der Waals surface area contributed by atoms with Crippen molar-refractivity contribution < 1.29 is 41.4 Å². The lowest BCUT2D eigenvalue weighted by Gasteiger charge is -2.19. The van der Waals surface area contributed by atoms with E-state index in [1.165, 1.54) is 6.92 Å². The van der Waals surface area contributed by atoms with Crippen LogP contribution < -0.4 is 11.1 Å². The Morgan fingerprint density at radius 2 is 1.85 bits per heavy atom. The van der Waals surface area contributed by atoms with Crippen LogP contribution >= 0.6 is 12.6 Å². The molecule has 26 heavy (non-hydrogen) atoms. The third-order valence-electron chi connectivity index (χ3n) is 3.30. The molecule has 0 fully saturated rings. The molecule has 0 saturated carbocycles. The van der Waals surface area contributed by atoms with Crippen molar-refractivity contribution in [2.75, 3.05) is 12.4 Å². The van der Waals surface area contributed by atoms with Gasteiger partial charge in [0.2, 0.25) is 5.91 Å². The molecule has 0 aliphatic heterocycles. The SMILES string of the molecule is CC(=O)[C@H](CS)NC(=O)[C@H](COS(=O)(=O)O)CC(=O)CC[C@H](N)C(=O)O. The van der Waals surface area contributed by atoms with Gasteiger partial charge in [0.1, 0.15) is 11.8 Å². The van der Waals surface area contributed by atoms with Crippen molar-refractivity contribution in [3.8, 4) is 0 Å².